The lowest BCUT2D eigenvalue weighted by molar-refractivity contribution is -0.132. The van der Waals surface area contributed by atoms with Crippen molar-refractivity contribution in [3.63, 3.8) is 0 Å². The first kappa shape index (κ1) is 20.5. The Morgan fingerprint density at radius 2 is 1.72 bits per heavy atom. The van der Waals surface area contributed by atoms with Gasteiger partial charge in [-0.15, -0.1) is 12.6 Å². The summed E-state index contributed by atoms with van der Waals surface area (Å²) in [6.45, 7) is 7.63. The second kappa shape index (κ2) is 9.69. The molecule has 5 heteroatoms. The molecule has 0 aromatic heterocycles. The Morgan fingerprint density at radius 3 is 2.24 bits per heavy atom. The number of nitrogens with zero attached hydrogens (tertiary/aromatic N) is 1. The molecular weight excluding hydrogens is 332 g/mol. The molecule has 3 N–H and O–H groups in total. The van der Waals surface area contributed by atoms with E-state index < -0.39 is 5.97 Å². The molecule has 2 aromatic carbocycles. The van der Waals surface area contributed by atoms with E-state index >= 15 is 0 Å². The van der Waals surface area contributed by atoms with Crippen LogP contribution in [-0.2, 0) is 4.79 Å². The molecule has 0 fully saturated rings. The van der Waals surface area contributed by atoms with Crippen LogP contribution in [0.25, 0.3) is 0 Å². The molecule has 0 heterocycles. The normalized spacial score (nSPS) is 12.0. The first-order chi connectivity index (χ1) is 11.9. The van der Waals surface area contributed by atoms with Gasteiger partial charge in [-0.3, -0.25) is 0 Å². The van der Waals surface area contributed by atoms with Gasteiger partial charge in [0.15, 0.2) is 0 Å². The van der Waals surface area contributed by atoms with Gasteiger partial charge in [0.1, 0.15) is 5.70 Å². The molecule has 0 atom stereocenters. The fourth-order valence-corrected chi connectivity index (χ4v) is 2.43. The summed E-state index contributed by atoms with van der Waals surface area (Å²) in [4.78, 5) is 16.5. The maximum absolute atomic E-state index is 11.2. The monoisotopic (exact) mass is 356 g/mol. The van der Waals surface area contributed by atoms with Crippen LogP contribution in [-0.4, -0.2) is 16.8 Å². The minimum absolute atomic E-state index is 0.222. The fourth-order valence-electron chi connectivity index (χ4n) is 2.10. The zero-order chi connectivity index (χ0) is 19.0. The number of nitrogens with two attached hydrogens (primary N) is 1. The number of rotatable bonds is 4. The van der Waals surface area contributed by atoms with Gasteiger partial charge < -0.3 is 10.8 Å². The average Bonchev–Trinajstić information content (AvgIpc) is 2.62. The van der Waals surface area contributed by atoms with Crippen LogP contribution >= 0.6 is 12.6 Å². The zero-order valence-corrected chi connectivity index (χ0v) is 15.8. The van der Waals surface area contributed by atoms with Crippen LogP contribution in [0.5, 0.6) is 0 Å². The van der Waals surface area contributed by atoms with Crippen LogP contribution < -0.4 is 5.73 Å². The summed E-state index contributed by atoms with van der Waals surface area (Å²) >= 11 is 4.44. The number of thiol groups is 1. The van der Waals surface area contributed by atoms with Gasteiger partial charge in [0.05, 0.1) is 11.4 Å². The Morgan fingerprint density at radius 1 is 1.12 bits per heavy atom. The molecule has 0 amide bonds. The molecule has 0 spiro atoms. The maximum Gasteiger partial charge on any atom is 0.352 e. The highest BCUT2D eigenvalue weighted by atomic mass is 32.1. The topological polar surface area (TPSA) is 75.7 Å². The van der Waals surface area contributed by atoms with E-state index in [1.807, 2.05) is 69.3 Å². The molecule has 132 valence electrons. The van der Waals surface area contributed by atoms with Crippen molar-refractivity contribution in [1.82, 2.24) is 0 Å². The number of benzene rings is 2. The van der Waals surface area contributed by atoms with Crippen molar-refractivity contribution in [3.8, 4) is 0 Å². The number of aliphatic carboxylic acids is 1. The van der Waals surface area contributed by atoms with Crippen LogP contribution in [0.3, 0.4) is 0 Å². The van der Waals surface area contributed by atoms with Gasteiger partial charge in [-0.2, -0.15) is 0 Å². The second-order valence-corrected chi connectivity index (χ2v) is 5.64. The number of hydrogen-bond donors (Lipinski definition) is 3. The summed E-state index contributed by atoms with van der Waals surface area (Å²) in [5.41, 5.74) is 8.94. The Labute approximate surface area is 154 Å². The largest absolute Gasteiger partial charge is 0.477 e. The fraction of sp³-hybridized carbons (Fsp3) is 0.200. The van der Waals surface area contributed by atoms with Gasteiger partial charge in [0, 0.05) is 16.0 Å². The number of hydrogen-bond acceptors (Lipinski definition) is 4. The van der Waals surface area contributed by atoms with E-state index in [0.717, 1.165) is 16.0 Å². The van der Waals surface area contributed by atoms with Crippen LogP contribution in [0, 0.1) is 6.92 Å². The SMILES string of the molecule is C/C(C(=Nc1ccc(C)cc1S)c1ccccc1)=C(/N)C(=O)O.CC. The van der Waals surface area contributed by atoms with Gasteiger partial charge in [-0.1, -0.05) is 50.2 Å². The molecule has 0 aliphatic carbocycles. The van der Waals surface area contributed by atoms with Gasteiger partial charge in [0.25, 0.3) is 0 Å². The van der Waals surface area contributed by atoms with Gasteiger partial charge in [-0.05, 0) is 31.5 Å². The third-order valence-corrected chi connectivity index (χ3v) is 3.76. The second-order valence-electron chi connectivity index (χ2n) is 5.16. The zero-order valence-electron chi connectivity index (χ0n) is 14.9. The van der Waals surface area contributed by atoms with Gasteiger partial charge >= 0.3 is 5.97 Å². The summed E-state index contributed by atoms with van der Waals surface area (Å²) in [7, 11) is 0. The first-order valence-electron chi connectivity index (χ1n) is 8.04. The molecule has 0 unspecified atom stereocenters. The molecule has 25 heavy (non-hydrogen) atoms. The standard InChI is InChI=1S/C18H18N2O2S.C2H6/c1-11-8-9-14(15(23)10-11)20-17(12(2)16(19)18(21)22)13-6-4-3-5-7-13;1-2/h3-10,23H,19H2,1-2H3,(H,21,22);1-2H3/b16-12-,20-17?;. The van der Waals surface area contributed by atoms with Crippen LogP contribution in [0.15, 0.2) is 69.7 Å². The molecule has 2 rings (SSSR count). The molecule has 0 bridgehead atoms. The first-order valence-corrected chi connectivity index (χ1v) is 8.48. The Balaban J connectivity index is 0.00000151. The van der Waals surface area contributed by atoms with Crippen molar-refractivity contribution in [2.24, 2.45) is 10.7 Å². The molecule has 0 saturated carbocycles. The number of allylic oxidation sites excluding steroid dienone is 1. The third-order valence-electron chi connectivity index (χ3n) is 3.40. The smallest absolute Gasteiger partial charge is 0.352 e. The van der Waals surface area contributed by atoms with E-state index in [1.165, 1.54) is 0 Å². The predicted molar refractivity (Wildman–Crippen MR) is 107 cm³/mol. The number of carboxylic acid groups (broad SMARTS) is 1. The Bertz CT molecular complexity index is 797. The highest BCUT2D eigenvalue weighted by Gasteiger charge is 2.14. The van der Waals surface area contributed by atoms with Crippen molar-refractivity contribution in [1.29, 1.82) is 0 Å². The summed E-state index contributed by atoms with van der Waals surface area (Å²) in [6.07, 6.45) is 0. The van der Waals surface area contributed by atoms with E-state index in [1.54, 1.807) is 6.92 Å². The lowest BCUT2D eigenvalue weighted by Gasteiger charge is -2.11. The van der Waals surface area contributed by atoms with Crippen LogP contribution in [0.4, 0.5) is 5.69 Å². The molecule has 0 aliphatic heterocycles. The van der Waals surface area contributed by atoms with E-state index in [-0.39, 0.29) is 5.70 Å². The van der Waals surface area contributed by atoms with Crippen molar-refractivity contribution in [2.45, 2.75) is 32.6 Å². The van der Waals surface area contributed by atoms with Crippen molar-refractivity contribution >= 4 is 30.0 Å². The van der Waals surface area contributed by atoms with E-state index in [0.29, 0.717) is 17.0 Å². The molecule has 0 radical (unpaired) electrons. The average molecular weight is 356 g/mol. The Hall–Kier alpha value is -2.53. The Kier molecular flexibility index (Phi) is 7.95. The maximum atomic E-state index is 11.2. The van der Waals surface area contributed by atoms with Gasteiger partial charge in [-0.25, -0.2) is 9.79 Å². The van der Waals surface area contributed by atoms with Crippen molar-refractivity contribution in [2.75, 3.05) is 0 Å². The number of aliphatic imine (C=N–C) groups is 1. The highest BCUT2D eigenvalue weighted by molar-refractivity contribution is 7.80. The van der Waals surface area contributed by atoms with E-state index in [9.17, 15) is 4.79 Å². The number of carbonyl (C=O) groups is 1. The molecule has 2 aromatic rings. The number of aryl methyl sites for hydroxylation is 1. The number of carboxylic acids is 1. The highest BCUT2D eigenvalue weighted by Crippen LogP contribution is 2.26. The quantitative estimate of drug-likeness (QED) is 0.420. The summed E-state index contributed by atoms with van der Waals surface area (Å²) in [6, 6.07) is 15.0. The van der Waals surface area contributed by atoms with Crippen molar-refractivity contribution < 1.29 is 9.90 Å². The van der Waals surface area contributed by atoms with Crippen molar-refractivity contribution in [3.05, 3.63) is 70.9 Å². The summed E-state index contributed by atoms with van der Waals surface area (Å²) < 4.78 is 0. The predicted octanol–water partition coefficient (Wildman–Crippen LogP) is 4.75. The summed E-state index contributed by atoms with van der Waals surface area (Å²) in [5.74, 6) is -1.17. The molecule has 4 nitrogen and oxygen atoms in total. The third kappa shape index (κ3) is 5.50. The lowest BCUT2D eigenvalue weighted by Crippen LogP contribution is -2.17. The van der Waals surface area contributed by atoms with E-state index in [2.05, 4.69) is 17.6 Å². The van der Waals surface area contributed by atoms with Crippen LogP contribution in [0.1, 0.15) is 31.9 Å². The molecule has 0 saturated heterocycles. The summed E-state index contributed by atoms with van der Waals surface area (Å²) in [5, 5.41) is 9.15. The molecule has 0 aliphatic rings. The minimum atomic E-state index is -1.17. The minimum Gasteiger partial charge on any atom is -0.477 e. The lowest BCUT2D eigenvalue weighted by atomic mass is 10.0. The van der Waals surface area contributed by atoms with Crippen LogP contribution in [0.2, 0.25) is 0 Å². The van der Waals surface area contributed by atoms with E-state index in [4.69, 9.17) is 10.8 Å². The van der Waals surface area contributed by atoms with Gasteiger partial charge in [0.2, 0.25) is 0 Å². The molecular formula is C20H24N2O2S.